The fourth-order valence-electron chi connectivity index (χ4n) is 2.17. The van der Waals surface area contributed by atoms with Crippen LogP contribution in [-0.2, 0) is 11.2 Å². The van der Waals surface area contributed by atoms with Crippen molar-refractivity contribution in [3.8, 4) is 0 Å². The second kappa shape index (κ2) is 9.08. The first-order valence-corrected chi connectivity index (χ1v) is 7.33. The predicted octanol–water partition coefficient (Wildman–Crippen LogP) is 2.94. The summed E-state index contributed by atoms with van der Waals surface area (Å²) in [7, 11) is 1.78. The van der Waals surface area contributed by atoms with Crippen LogP contribution < -0.4 is 10.6 Å². The number of carbonyl (C=O) groups is 2. The lowest BCUT2D eigenvalue weighted by Crippen LogP contribution is -2.38. The third-order valence-corrected chi connectivity index (χ3v) is 3.44. The van der Waals surface area contributed by atoms with E-state index in [9.17, 15) is 9.59 Å². The number of likely N-dealkylation sites (N-methyl/N-ethyl adjacent to an activating group) is 1. The molecule has 0 fully saturated rings. The molecule has 1 rings (SSSR count). The van der Waals surface area contributed by atoms with Crippen molar-refractivity contribution in [1.29, 1.82) is 0 Å². The van der Waals surface area contributed by atoms with Gasteiger partial charge < -0.3 is 10.6 Å². The second-order valence-electron chi connectivity index (χ2n) is 4.86. The van der Waals surface area contributed by atoms with E-state index in [2.05, 4.69) is 10.6 Å². The zero-order chi connectivity index (χ0) is 15.7. The van der Waals surface area contributed by atoms with Crippen molar-refractivity contribution in [1.82, 2.24) is 5.32 Å². The van der Waals surface area contributed by atoms with E-state index >= 15 is 0 Å². The molecule has 0 aliphatic rings. The van der Waals surface area contributed by atoms with Gasteiger partial charge in [0.25, 0.3) is 0 Å². The Labute approximate surface area is 126 Å². The van der Waals surface area contributed by atoms with Crippen molar-refractivity contribution in [3.63, 3.8) is 0 Å². The molecule has 1 aromatic rings. The van der Waals surface area contributed by atoms with E-state index in [0.717, 1.165) is 36.8 Å². The molecule has 114 valence electrons. The molecule has 2 N–H and O–H groups in total. The van der Waals surface area contributed by atoms with Crippen LogP contribution in [0.2, 0.25) is 0 Å². The molecule has 1 atom stereocenters. The van der Waals surface area contributed by atoms with E-state index in [4.69, 9.17) is 0 Å². The van der Waals surface area contributed by atoms with Crippen molar-refractivity contribution in [2.45, 2.75) is 39.2 Å². The first-order valence-electron chi connectivity index (χ1n) is 7.33. The molecule has 0 saturated carbocycles. The molecule has 0 radical (unpaired) electrons. The largest absolute Gasteiger partial charge is 0.325 e. The van der Waals surface area contributed by atoms with Gasteiger partial charge in [-0.15, -0.1) is 0 Å². The number of anilines is 1. The van der Waals surface area contributed by atoms with Gasteiger partial charge in [0, 0.05) is 11.3 Å². The van der Waals surface area contributed by atoms with Crippen LogP contribution in [0.5, 0.6) is 0 Å². The first-order chi connectivity index (χ1) is 10.2. The maximum Gasteiger partial charge on any atom is 0.241 e. The highest BCUT2D eigenvalue weighted by atomic mass is 16.2. The van der Waals surface area contributed by atoms with Crippen LogP contribution in [0.4, 0.5) is 5.69 Å². The second-order valence-corrected chi connectivity index (χ2v) is 4.86. The molecule has 1 aromatic carbocycles. The number of benzene rings is 1. The molecular weight excluding hydrogens is 264 g/mol. The van der Waals surface area contributed by atoms with Crippen LogP contribution in [0.1, 0.15) is 42.6 Å². The van der Waals surface area contributed by atoms with Gasteiger partial charge in [0.1, 0.15) is 6.29 Å². The van der Waals surface area contributed by atoms with Gasteiger partial charge in [-0.2, -0.15) is 0 Å². The molecule has 0 heterocycles. The summed E-state index contributed by atoms with van der Waals surface area (Å²) in [6, 6.07) is 5.15. The number of hydrogen-bond donors (Lipinski definition) is 2. The van der Waals surface area contributed by atoms with Gasteiger partial charge in [0.2, 0.25) is 5.91 Å². The Kier molecular flexibility index (Phi) is 7.40. The molecule has 0 spiro atoms. The highest BCUT2D eigenvalue weighted by molar-refractivity contribution is 5.95. The molecule has 4 heteroatoms. The highest BCUT2D eigenvalue weighted by Crippen LogP contribution is 2.16. The number of nitrogens with one attached hydrogen (secondary N) is 2. The van der Waals surface area contributed by atoms with Crippen LogP contribution in [0, 0.1) is 0 Å². The number of hydrogen-bond acceptors (Lipinski definition) is 3. The summed E-state index contributed by atoms with van der Waals surface area (Å²) in [6.07, 6.45) is 7.24. The number of carbonyl (C=O) groups excluding carboxylic acids is 2. The van der Waals surface area contributed by atoms with Crippen LogP contribution in [-0.4, -0.2) is 25.3 Å². The maximum absolute atomic E-state index is 12.2. The zero-order valence-corrected chi connectivity index (χ0v) is 13.0. The fourth-order valence-corrected chi connectivity index (χ4v) is 2.17. The fraction of sp³-hybridized carbons (Fsp3) is 0.412. The zero-order valence-electron chi connectivity index (χ0n) is 13.0. The summed E-state index contributed by atoms with van der Waals surface area (Å²) < 4.78 is 0. The van der Waals surface area contributed by atoms with Crippen LogP contribution >= 0.6 is 0 Å². The number of aldehydes is 1. The summed E-state index contributed by atoms with van der Waals surface area (Å²) in [5.74, 6) is -0.0529. The Morgan fingerprint density at radius 2 is 2.14 bits per heavy atom. The molecule has 0 aliphatic carbocycles. The van der Waals surface area contributed by atoms with Gasteiger partial charge in [-0.3, -0.25) is 9.59 Å². The van der Waals surface area contributed by atoms with Crippen LogP contribution in [0.15, 0.2) is 30.4 Å². The minimum atomic E-state index is -0.225. The number of rotatable bonds is 8. The van der Waals surface area contributed by atoms with Crippen molar-refractivity contribution in [2.75, 3.05) is 12.4 Å². The number of allylic oxidation sites excluding steroid dienone is 2. The standard InChI is InChI=1S/C17H24N2O2/c1-4-6-7-8-16(18-3)17(21)19-15-10-9-14(12-20)13(5-2)11-15/h4,6,9-12,16,18H,5,7-8H2,1-3H3,(H,19,21)/b6-4-. The third-order valence-electron chi connectivity index (χ3n) is 3.44. The van der Waals surface area contributed by atoms with E-state index < -0.39 is 0 Å². The van der Waals surface area contributed by atoms with Gasteiger partial charge >= 0.3 is 0 Å². The number of aryl methyl sites for hydroxylation is 1. The summed E-state index contributed by atoms with van der Waals surface area (Å²) in [6.45, 7) is 3.96. The molecule has 0 aliphatic heterocycles. The van der Waals surface area contributed by atoms with Crippen molar-refractivity contribution < 1.29 is 9.59 Å². The lowest BCUT2D eigenvalue weighted by atomic mass is 10.0. The van der Waals surface area contributed by atoms with E-state index in [0.29, 0.717) is 5.56 Å². The topological polar surface area (TPSA) is 58.2 Å². The molecule has 0 saturated heterocycles. The van der Waals surface area contributed by atoms with Crippen molar-refractivity contribution in [3.05, 3.63) is 41.5 Å². The monoisotopic (exact) mass is 288 g/mol. The average Bonchev–Trinajstić information content (AvgIpc) is 2.51. The Hall–Kier alpha value is -1.94. The van der Waals surface area contributed by atoms with E-state index in [1.165, 1.54) is 0 Å². The van der Waals surface area contributed by atoms with Gasteiger partial charge in [-0.1, -0.05) is 19.1 Å². The van der Waals surface area contributed by atoms with Crippen molar-refractivity contribution >= 4 is 17.9 Å². The predicted molar refractivity (Wildman–Crippen MR) is 86.7 cm³/mol. The van der Waals surface area contributed by atoms with Gasteiger partial charge in [0.05, 0.1) is 6.04 Å². The summed E-state index contributed by atoms with van der Waals surface area (Å²) in [5, 5.41) is 5.93. The molecular formula is C17H24N2O2. The lowest BCUT2D eigenvalue weighted by molar-refractivity contribution is -0.118. The molecule has 21 heavy (non-hydrogen) atoms. The molecule has 4 nitrogen and oxygen atoms in total. The summed E-state index contributed by atoms with van der Waals surface area (Å²) >= 11 is 0. The lowest BCUT2D eigenvalue weighted by Gasteiger charge is -2.16. The first kappa shape index (κ1) is 17.1. The van der Waals surface area contributed by atoms with E-state index in [1.807, 2.05) is 32.1 Å². The highest BCUT2D eigenvalue weighted by Gasteiger charge is 2.15. The summed E-state index contributed by atoms with van der Waals surface area (Å²) in [5.41, 5.74) is 2.35. The quantitative estimate of drug-likeness (QED) is 0.571. The molecule has 1 unspecified atom stereocenters. The summed E-state index contributed by atoms with van der Waals surface area (Å²) in [4.78, 5) is 23.1. The molecule has 1 amide bonds. The SMILES string of the molecule is C/C=C\CCC(NC)C(=O)Nc1ccc(C=O)c(CC)c1. The Morgan fingerprint density at radius 3 is 2.71 bits per heavy atom. The van der Waals surface area contributed by atoms with Gasteiger partial charge in [-0.25, -0.2) is 0 Å². The Balaban J connectivity index is 2.74. The van der Waals surface area contributed by atoms with Crippen molar-refractivity contribution in [2.24, 2.45) is 0 Å². The van der Waals surface area contributed by atoms with Gasteiger partial charge in [0.15, 0.2) is 0 Å². The minimum absolute atomic E-state index is 0.0529. The molecule has 0 aromatic heterocycles. The number of amides is 1. The smallest absolute Gasteiger partial charge is 0.241 e. The molecule has 0 bridgehead atoms. The van der Waals surface area contributed by atoms with Crippen LogP contribution in [0.3, 0.4) is 0 Å². The van der Waals surface area contributed by atoms with E-state index in [1.54, 1.807) is 19.2 Å². The Bertz CT molecular complexity index is 510. The third kappa shape index (κ3) is 5.16. The average molecular weight is 288 g/mol. The minimum Gasteiger partial charge on any atom is -0.325 e. The Morgan fingerprint density at radius 1 is 1.38 bits per heavy atom. The van der Waals surface area contributed by atoms with Gasteiger partial charge in [-0.05, 0) is 57.0 Å². The van der Waals surface area contributed by atoms with E-state index in [-0.39, 0.29) is 11.9 Å². The maximum atomic E-state index is 12.2. The normalized spacial score (nSPS) is 12.3. The van der Waals surface area contributed by atoms with Crippen LogP contribution in [0.25, 0.3) is 0 Å².